The van der Waals surface area contributed by atoms with Crippen molar-refractivity contribution in [2.24, 2.45) is 5.73 Å². The number of rotatable bonds is 2. The number of hydrogen-bond donors (Lipinski definition) is 1. The molecule has 2 aromatic rings. The molecule has 0 amide bonds. The standard InChI is InChI=1S/C11H12N2OS/c1-13(2)11-9(10(12)15)7-5-3-4-6-8(7)14-11/h3-6H,1-2H3,(H2,12,15). The number of nitrogens with two attached hydrogens (primary N) is 1. The Balaban J connectivity index is 2.80. The summed E-state index contributed by atoms with van der Waals surface area (Å²) >= 11 is 5.04. The summed E-state index contributed by atoms with van der Waals surface area (Å²) in [4.78, 5) is 2.23. The van der Waals surface area contributed by atoms with Gasteiger partial charge in [0, 0.05) is 19.5 Å². The van der Waals surface area contributed by atoms with Crippen LogP contribution in [0.2, 0.25) is 0 Å². The Labute approximate surface area is 93.5 Å². The van der Waals surface area contributed by atoms with Crippen LogP contribution in [0.25, 0.3) is 11.0 Å². The van der Waals surface area contributed by atoms with Crippen LogP contribution in [0.5, 0.6) is 0 Å². The number of hydrogen-bond acceptors (Lipinski definition) is 3. The highest BCUT2D eigenvalue weighted by atomic mass is 32.1. The molecule has 0 saturated heterocycles. The maximum absolute atomic E-state index is 5.71. The lowest BCUT2D eigenvalue weighted by Crippen LogP contribution is -2.16. The van der Waals surface area contributed by atoms with Gasteiger partial charge in [-0.3, -0.25) is 0 Å². The van der Waals surface area contributed by atoms with Crippen LogP contribution in [0, 0.1) is 0 Å². The van der Waals surface area contributed by atoms with Crippen LogP contribution >= 0.6 is 12.2 Å². The molecule has 15 heavy (non-hydrogen) atoms. The molecule has 0 aliphatic carbocycles. The summed E-state index contributed by atoms with van der Waals surface area (Å²) in [7, 11) is 3.80. The topological polar surface area (TPSA) is 42.4 Å². The second kappa shape index (κ2) is 3.55. The van der Waals surface area contributed by atoms with Crippen molar-refractivity contribution in [2.75, 3.05) is 19.0 Å². The first-order chi connectivity index (χ1) is 7.11. The van der Waals surface area contributed by atoms with Gasteiger partial charge in [0.1, 0.15) is 10.6 Å². The van der Waals surface area contributed by atoms with E-state index in [0.717, 1.165) is 16.5 Å². The number of nitrogens with zero attached hydrogens (tertiary/aromatic N) is 1. The summed E-state index contributed by atoms with van der Waals surface area (Å²) in [5.74, 6) is 0.712. The Bertz CT molecular complexity index is 516. The highest BCUT2D eigenvalue weighted by Crippen LogP contribution is 2.31. The van der Waals surface area contributed by atoms with Crippen LogP contribution < -0.4 is 10.6 Å². The minimum absolute atomic E-state index is 0.364. The Morgan fingerprint density at radius 2 is 2.00 bits per heavy atom. The number of benzene rings is 1. The van der Waals surface area contributed by atoms with Crippen LogP contribution in [0.4, 0.5) is 5.88 Å². The zero-order chi connectivity index (χ0) is 11.0. The molecule has 1 heterocycles. The molecule has 78 valence electrons. The third-order valence-electron chi connectivity index (χ3n) is 2.23. The lowest BCUT2D eigenvalue weighted by molar-refractivity contribution is 0.609. The average molecular weight is 220 g/mol. The van der Waals surface area contributed by atoms with Gasteiger partial charge in [0.2, 0.25) is 5.88 Å². The molecule has 1 aromatic heterocycles. The molecule has 1 aromatic carbocycles. The number of thiocarbonyl (C=S) groups is 1. The van der Waals surface area contributed by atoms with Crippen molar-refractivity contribution >= 4 is 34.1 Å². The summed E-state index contributed by atoms with van der Waals surface area (Å²) in [6, 6.07) is 7.73. The van der Waals surface area contributed by atoms with Gasteiger partial charge in [0.25, 0.3) is 0 Å². The van der Waals surface area contributed by atoms with E-state index >= 15 is 0 Å². The molecule has 2 rings (SSSR count). The van der Waals surface area contributed by atoms with E-state index in [-0.39, 0.29) is 0 Å². The molecular formula is C11H12N2OS. The molecule has 0 fully saturated rings. The van der Waals surface area contributed by atoms with E-state index in [0.29, 0.717) is 10.9 Å². The molecule has 2 N–H and O–H groups in total. The Morgan fingerprint density at radius 3 is 2.60 bits per heavy atom. The second-order valence-corrected chi connectivity index (χ2v) is 3.98. The van der Waals surface area contributed by atoms with E-state index in [1.54, 1.807) is 0 Å². The van der Waals surface area contributed by atoms with Crippen LogP contribution in [0.3, 0.4) is 0 Å². The minimum Gasteiger partial charge on any atom is -0.440 e. The van der Waals surface area contributed by atoms with Crippen LogP contribution in [-0.2, 0) is 0 Å². The summed E-state index contributed by atoms with van der Waals surface area (Å²) in [5.41, 5.74) is 7.33. The van der Waals surface area contributed by atoms with Crippen molar-refractivity contribution < 1.29 is 4.42 Å². The van der Waals surface area contributed by atoms with Gasteiger partial charge in [0.15, 0.2) is 0 Å². The molecular weight excluding hydrogens is 208 g/mol. The van der Waals surface area contributed by atoms with Crippen molar-refractivity contribution in [1.82, 2.24) is 0 Å². The Morgan fingerprint density at radius 1 is 1.33 bits per heavy atom. The van der Waals surface area contributed by atoms with Gasteiger partial charge in [-0.1, -0.05) is 30.4 Å². The van der Waals surface area contributed by atoms with Crippen molar-refractivity contribution in [3.63, 3.8) is 0 Å². The molecule has 0 bridgehead atoms. The molecule has 0 aliphatic heterocycles. The van der Waals surface area contributed by atoms with Gasteiger partial charge in [-0.2, -0.15) is 0 Å². The maximum Gasteiger partial charge on any atom is 0.206 e. The molecule has 3 nitrogen and oxygen atoms in total. The van der Waals surface area contributed by atoms with Crippen LogP contribution in [0.15, 0.2) is 28.7 Å². The maximum atomic E-state index is 5.71. The highest BCUT2D eigenvalue weighted by molar-refractivity contribution is 7.80. The first kappa shape index (κ1) is 9.98. The normalized spacial score (nSPS) is 10.5. The zero-order valence-electron chi connectivity index (χ0n) is 8.65. The fraction of sp³-hybridized carbons (Fsp3) is 0.182. The third kappa shape index (κ3) is 1.57. The summed E-state index contributed by atoms with van der Waals surface area (Å²) in [6.45, 7) is 0. The van der Waals surface area contributed by atoms with Gasteiger partial charge in [-0.25, -0.2) is 0 Å². The van der Waals surface area contributed by atoms with Crippen LogP contribution in [-0.4, -0.2) is 19.1 Å². The van der Waals surface area contributed by atoms with E-state index in [9.17, 15) is 0 Å². The number of fused-ring (bicyclic) bond motifs is 1. The van der Waals surface area contributed by atoms with E-state index in [4.69, 9.17) is 22.4 Å². The average Bonchev–Trinajstić information content (AvgIpc) is 2.56. The van der Waals surface area contributed by atoms with Gasteiger partial charge in [-0.05, 0) is 6.07 Å². The van der Waals surface area contributed by atoms with Crippen molar-refractivity contribution in [2.45, 2.75) is 0 Å². The Kier molecular flexibility index (Phi) is 2.36. The smallest absolute Gasteiger partial charge is 0.206 e. The third-order valence-corrected chi connectivity index (χ3v) is 2.43. The van der Waals surface area contributed by atoms with E-state index in [1.807, 2.05) is 43.3 Å². The molecule has 0 unspecified atom stereocenters. The fourth-order valence-corrected chi connectivity index (χ4v) is 1.78. The predicted octanol–water partition coefficient (Wildman–Crippen LogP) is 2.13. The quantitative estimate of drug-likeness (QED) is 0.787. The largest absolute Gasteiger partial charge is 0.440 e. The van der Waals surface area contributed by atoms with Crippen molar-refractivity contribution in [1.29, 1.82) is 0 Å². The van der Waals surface area contributed by atoms with Crippen LogP contribution in [0.1, 0.15) is 5.56 Å². The molecule has 0 saturated carbocycles. The van der Waals surface area contributed by atoms with Gasteiger partial charge >= 0.3 is 0 Å². The molecule has 0 radical (unpaired) electrons. The van der Waals surface area contributed by atoms with Gasteiger partial charge < -0.3 is 15.1 Å². The monoisotopic (exact) mass is 220 g/mol. The lowest BCUT2D eigenvalue weighted by atomic mass is 10.1. The molecule has 0 atom stereocenters. The fourth-order valence-electron chi connectivity index (χ4n) is 1.59. The highest BCUT2D eigenvalue weighted by Gasteiger charge is 2.17. The van der Waals surface area contributed by atoms with E-state index in [2.05, 4.69) is 0 Å². The van der Waals surface area contributed by atoms with Gasteiger partial charge in [0.05, 0.1) is 5.56 Å². The van der Waals surface area contributed by atoms with E-state index in [1.165, 1.54) is 0 Å². The summed E-state index contributed by atoms with van der Waals surface area (Å²) < 4.78 is 5.68. The summed E-state index contributed by atoms with van der Waals surface area (Å²) in [6.07, 6.45) is 0. The van der Waals surface area contributed by atoms with Gasteiger partial charge in [-0.15, -0.1) is 0 Å². The summed E-state index contributed by atoms with van der Waals surface area (Å²) in [5, 5.41) is 0.966. The Hall–Kier alpha value is -1.55. The first-order valence-electron chi connectivity index (χ1n) is 4.60. The number of furan rings is 1. The SMILES string of the molecule is CN(C)c1oc2ccccc2c1C(N)=S. The molecule has 0 aliphatic rings. The molecule has 4 heteroatoms. The minimum atomic E-state index is 0.364. The lowest BCUT2D eigenvalue weighted by Gasteiger charge is -2.09. The zero-order valence-corrected chi connectivity index (χ0v) is 9.47. The predicted molar refractivity (Wildman–Crippen MR) is 66.4 cm³/mol. The molecule has 0 spiro atoms. The number of para-hydroxylation sites is 1. The second-order valence-electron chi connectivity index (χ2n) is 3.54. The van der Waals surface area contributed by atoms with Crippen molar-refractivity contribution in [3.05, 3.63) is 29.8 Å². The number of anilines is 1. The van der Waals surface area contributed by atoms with Crippen molar-refractivity contribution in [3.8, 4) is 0 Å². The first-order valence-corrected chi connectivity index (χ1v) is 5.00. The van der Waals surface area contributed by atoms with E-state index < -0.39 is 0 Å².